The van der Waals surface area contributed by atoms with Gasteiger partial charge in [-0.25, -0.2) is 9.18 Å². The Hall–Kier alpha value is -2.21. The van der Waals surface area contributed by atoms with Gasteiger partial charge in [0.25, 0.3) is 0 Å². The molecule has 0 radical (unpaired) electrons. The van der Waals surface area contributed by atoms with E-state index in [4.69, 9.17) is 14.2 Å². The first-order valence-electron chi connectivity index (χ1n) is 7.88. The number of esters is 1. The summed E-state index contributed by atoms with van der Waals surface area (Å²) in [5.41, 5.74) is 0.910. The van der Waals surface area contributed by atoms with E-state index in [-0.39, 0.29) is 18.1 Å². The fourth-order valence-electron chi connectivity index (χ4n) is 2.39. The maximum Gasteiger partial charge on any atom is 0.333 e. The smallest absolute Gasteiger partial charge is 0.333 e. The summed E-state index contributed by atoms with van der Waals surface area (Å²) >= 11 is 0. The molecule has 2 rings (SSSR count). The lowest BCUT2D eigenvalue weighted by atomic mass is 10.1. The van der Waals surface area contributed by atoms with Gasteiger partial charge in [0.2, 0.25) is 6.29 Å². The molecular weight excluding hydrogens is 315 g/mol. The Morgan fingerprint density at radius 2 is 2.08 bits per heavy atom. The van der Waals surface area contributed by atoms with Gasteiger partial charge in [-0.1, -0.05) is 6.07 Å². The van der Waals surface area contributed by atoms with Crippen molar-refractivity contribution >= 4 is 17.8 Å². The number of rotatable bonds is 6. The molecule has 0 N–H and O–H groups in total. The summed E-state index contributed by atoms with van der Waals surface area (Å²) in [6, 6.07) is 4.39. The molecule has 1 fully saturated rings. The van der Waals surface area contributed by atoms with Gasteiger partial charge < -0.3 is 14.2 Å². The van der Waals surface area contributed by atoms with Crippen LogP contribution in [0.25, 0.3) is 6.08 Å². The number of halogens is 1. The lowest BCUT2D eigenvalue weighted by Gasteiger charge is -2.15. The van der Waals surface area contributed by atoms with Gasteiger partial charge in [0, 0.05) is 12.0 Å². The van der Waals surface area contributed by atoms with E-state index in [1.807, 2.05) is 0 Å². The van der Waals surface area contributed by atoms with Crippen LogP contribution in [0, 0.1) is 5.82 Å². The van der Waals surface area contributed by atoms with Crippen LogP contribution in [0.4, 0.5) is 4.39 Å². The lowest BCUT2D eigenvalue weighted by molar-refractivity contribution is -0.138. The van der Waals surface area contributed by atoms with E-state index >= 15 is 0 Å². The molecule has 0 spiro atoms. The van der Waals surface area contributed by atoms with Crippen molar-refractivity contribution in [3.63, 3.8) is 0 Å². The second kappa shape index (κ2) is 8.06. The highest BCUT2D eigenvalue weighted by molar-refractivity contribution is 5.93. The molecule has 2 atom stereocenters. The lowest BCUT2D eigenvalue weighted by Crippen LogP contribution is -2.21. The number of ether oxygens (including phenoxy) is 3. The normalized spacial score (nSPS) is 20.8. The van der Waals surface area contributed by atoms with Crippen LogP contribution < -0.4 is 4.74 Å². The van der Waals surface area contributed by atoms with Crippen molar-refractivity contribution in [1.29, 1.82) is 0 Å². The maximum absolute atomic E-state index is 14.2. The first-order valence-corrected chi connectivity index (χ1v) is 7.88. The predicted octanol–water partition coefficient (Wildman–Crippen LogP) is 3.27. The molecule has 1 aliphatic rings. The minimum atomic E-state index is -0.629. The van der Waals surface area contributed by atoms with Crippen LogP contribution >= 0.6 is 0 Å². The zero-order chi connectivity index (χ0) is 17.7. The first kappa shape index (κ1) is 18.1. The second-order valence-electron chi connectivity index (χ2n) is 5.60. The highest BCUT2D eigenvalue weighted by Crippen LogP contribution is 2.27. The molecule has 24 heavy (non-hydrogen) atoms. The van der Waals surface area contributed by atoms with Crippen molar-refractivity contribution in [2.24, 2.45) is 0 Å². The highest BCUT2D eigenvalue weighted by Gasteiger charge is 2.30. The molecule has 1 aromatic carbocycles. The van der Waals surface area contributed by atoms with Gasteiger partial charge in [-0.05, 0) is 51.0 Å². The quantitative estimate of drug-likeness (QED) is 0.589. The van der Waals surface area contributed by atoms with E-state index in [2.05, 4.69) is 0 Å². The third kappa shape index (κ3) is 4.64. The third-order valence-corrected chi connectivity index (χ3v) is 3.63. The minimum absolute atomic E-state index is 0.0511. The summed E-state index contributed by atoms with van der Waals surface area (Å²) < 4.78 is 29.9. The molecule has 0 amide bonds. The van der Waals surface area contributed by atoms with E-state index in [1.165, 1.54) is 19.1 Å². The molecule has 5 nitrogen and oxygen atoms in total. The van der Waals surface area contributed by atoms with Crippen molar-refractivity contribution in [2.45, 2.75) is 46.0 Å². The topological polar surface area (TPSA) is 61.8 Å². The van der Waals surface area contributed by atoms with Crippen LogP contribution in [0.1, 0.15) is 39.2 Å². The third-order valence-electron chi connectivity index (χ3n) is 3.63. The van der Waals surface area contributed by atoms with Gasteiger partial charge in [-0.2, -0.15) is 0 Å². The van der Waals surface area contributed by atoms with Crippen LogP contribution in [0.15, 0.2) is 23.8 Å². The Kier molecular flexibility index (Phi) is 6.09. The molecule has 0 aromatic heterocycles. The monoisotopic (exact) mass is 336 g/mol. The van der Waals surface area contributed by atoms with Crippen molar-refractivity contribution in [3.05, 3.63) is 35.2 Å². The number of hydrogen-bond acceptors (Lipinski definition) is 5. The number of carbonyl (C=O) groups excluding carboxylic acids is 2. The summed E-state index contributed by atoms with van der Waals surface area (Å²) in [6.45, 7) is 5.07. The number of ketones is 1. The fourth-order valence-corrected chi connectivity index (χ4v) is 2.39. The average molecular weight is 336 g/mol. The summed E-state index contributed by atoms with van der Waals surface area (Å²) in [7, 11) is 0. The van der Waals surface area contributed by atoms with E-state index < -0.39 is 24.2 Å². The zero-order valence-electron chi connectivity index (χ0n) is 14.0. The first-order chi connectivity index (χ1) is 11.4. The van der Waals surface area contributed by atoms with Crippen LogP contribution in [-0.4, -0.2) is 30.8 Å². The largest absolute Gasteiger partial charge is 0.463 e. The minimum Gasteiger partial charge on any atom is -0.463 e. The van der Waals surface area contributed by atoms with Crippen molar-refractivity contribution in [3.8, 4) is 5.75 Å². The Bertz CT molecular complexity index is 653. The molecular formula is C18H21FO5. The molecule has 0 bridgehead atoms. The summed E-state index contributed by atoms with van der Waals surface area (Å²) in [5, 5.41) is 0. The number of carbonyl (C=O) groups is 2. The van der Waals surface area contributed by atoms with Gasteiger partial charge >= 0.3 is 5.97 Å². The zero-order valence-corrected chi connectivity index (χ0v) is 14.0. The van der Waals surface area contributed by atoms with E-state index in [0.717, 1.165) is 0 Å². The number of Topliss-reactive ketones (excluding diaryl/α,β-unsaturated/α-hetero) is 1. The number of hydrogen-bond donors (Lipinski definition) is 0. The SMILES string of the molecule is CCOC(=O)/C(C)=C/c1ccc(O[C@H]2CC[C@@H](C(C)=O)O2)c(F)c1. The van der Waals surface area contributed by atoms with Crippen molar-refractivity contribution < 1.29 is 28.2 Å². The van der Waals surface area contributed by atoms with Gasteiger partial charge in [-0.15, -0.1) is 0 Å². The summed E-state index contributed by atoms with van der Waals surface area (Å²) in [5.74, 6) is -1.00. The van der Waals surface area contributed by atoms with Crippen LogP contribution in [0.3, 0.4) is 0 Å². The molecule has 1 aromatic rings. The predicted molar refractivity (Wildman–Crippen MR) is 85.9 cm³/mol. The highest BCUT2D eigenvalue weighted by atomic mass is 19.1. The van der Waals surface area contributed by atoms with Crippen LogP contribution in [0.5, 0.6) is 5.75 Å². The Morgan fingerprint density at radius 1 is 1.33 bits per heavy atom. The molecule has 0 saturated carbocycles. The van der Waals surface area contributed by atoms with Gasteiger partial charge in [0.15, 0.2) is 17.3 Å². The van der Waals surface area contributed by atoms with Crippen LogP contribution in [0.2, 0.25) is 0 Å². The molecule has 1 heterocycles. The van der Waals surface area contributed by atoms with Crippen molar-refractivity contribution in [1.82, 2.24) is 0 Å². The Morgan fingerprint density at radius 3 is 2.67 bits per heavy atom. The summed E-state index contributed by atoms with van der Waals surface area (Å²) in [6.07, 6.45) is 1.54. The fraction of sp³-hybridized carbons (Fsp3) is 0.444. The van der Waals surface area contributed by atoms with Gasteiger partial charge in [-0.3, -0.25) is 4.79 Å². The molecule has 130 valence electrons. The molecule has 6 heteroatoms. The molecule has 1 aliphatic heterocycles. The number of benzene rings is 1. The van der Waals surface area contributed by atoms with E-state index in [0.29, 0.717) is 24.0 Å². The molecule has 0 aliphatic carbocycles. The maximum atomic E-state index is 14.2. The van der Waals surface area contributed by atoms with Gasteiger partial charge in [0.1, 0.15) is 6.10 Å². The standard InChI is InChI=1S/C18H21FO5/c1-4-22-18(21)11(2)9-13-5-6-16(14(19)10-13)24-17-8-7-15(23-17)12(3)20/h5-6,9-10,15,17H,4,7-8H2,1-3H3/b11-9+/t15-,17-/m0/s1. The molecule has 0 unspecified atom stereocenters. The van der Waals surface area contributed by atoms with Gasteiger partial charge in [0.05, 0.1) is 6.61 Å². The van der Waals surface area contributed by atoms with Crippen molar-refractivity contribution in [2.75, 3.05) is 6.61 Å². The van der Waals surface area contributed by atoms with E-state index in [1.54, 1.807) is 26.0 Å². The second-order valence-corrected chi connectivity index (χ2v) is 5.60. The Balaban J connectivity index is 2.04. The molecule has 1 saturated heterocycles. The summed E-state index contributed by atoms with van der Waals surface area (Å²) in [4.78, 5) is 22.8. The van der Waals surface area contributed by atoms with Crippen LogP contribution in [-0.2, 0) is 19.1 Å². The average Bonchev–Trinajstić information content (AvgIpc) is 2.99. The Labute approximate surface area is 140 Å². The van der Waals surface area contributed by atoms with E-state index in [9.17, 15) is 14.0 Å².